The number of carbonyl (C=O) groups is 6. The van der Waals surface area contributed by atoms with Gasteiger partial charge in [0.05, 0.1) is 22.2 Å². The number of rotatable bonds is 30. The number of hydrogen-bond donors (Lipinski definition) is 4. The molecule has 4 aromatic rings. The van der Waals surface area contributed by atoms with E-state index in [0.717, 1.165) is 142 Å². The van der Waals surface area contributed by atoms with Crippen molar-refractivity contribution in [3.63, 3.8) is 0 Å². The Morgan fingerprint density at radius 3 is 2.01 bits per heavy atom. The van der Waals surface area contributed by atoms with Gasteiger partial charge >= 0.3 is 0 Å². The molecule has 3 saturated heterocycles. The van der Waals surface area contributed by atoms with E-state index in [-0.39, 0.29) is 48.4 Å². The fourth-order valence-electron chi connectivity index (χ4n) is 11.6. The number of likely N-dealkylation sites (tertiary alicyclic amines) is 2. The first-order chi connectivity index (χ1) is 40.1. The fourth-order valence-corrected chi connectivity index (χ4v) is 12.4. The summed E-state index contributed by atoms with van der Waals surface area (Å²) in [6, 6.07) is 18.1. The quantitative estimate of drug-likeness (QED) is 0.0288. The SMILES string of the molecule is Cc1ncsc1-c1ccc(CNC(=O)[C@@H]2C[C@@H](O)CN2C(=O)[C@@H](NC(=O)CCCCCCCCCCCCCCC(=O)N2CCN(c3ccc(C(=O)N4CCC(CCCCNC(=O)/C=C/c5cccnc5)CC4)cc3)CC2)C(C)(C)C)cc1. The molecule has 2 aromatic carbocycles. The van der Waals surface area contributed by atoms with Crippen molar-refractivity contribution in [2.24, 2.45) is 11.3 Å². The van der Waals surface area contributed by atoms with Crippen LogP contribution in [-0.2, 0) is 30.5 Å². The Hall–Kier alpha value is -6.46. The lowest BCUT2D eigenvalue weighted by Crippen LogP contribution is -2.57. The minimum atomic E-state index is -0.835. The Kier molecular flexibility index (Phi) is 25.6. The highest BCUT2D eigenvalue weighted by Crippen LogP contribution is 2.30. The maximum Gasteiger partial charge on any atom is 0.253 e. The molecule has 83 heavy (non-hydrogen) atoms. The zero-order valence-corrected chi connectivity index (χ0v) is 50.8. The molecule has 3 aliphatic heterocycles. The number of aliphatic hydroxyl groups excluding tert-OH is 1. The van der Waals surface area contributed by atoms with E-state index in [1.807, 2.05) is 104 Å². The van der Waals surface area contributed by atoms with E-state index in [2.05, 4.69) is 30.8 Å². The minimum absolute atomic E-state index is 0.0423. The van der Waals surface area contributed by atoms with Crippen LogP contribution in [0.4, 0.5) is 5.69 Å². The number of unbranched alkanes of at least 4 members (excludes halogenated alkanes) is 12. The summed E-state index contributed by atoms with van der Waals surface area (Å²) in [6.45, 7) is 13.2. The molecule has 0 saturated carbocycles. The second kappa shape index (κ2) is 33.1. The van der Waals surface area contributed by atoms with E-state index < -0.39 is 23.6 Å². The molecule has 3 atom stereocenters. The molecule has 3 aliphatic rings. The molecule has 4 N–H and O–H groups in total. The van der Waals surface area contributed by atoms with Crippen LogP contribution in [0.3, 0.4) is 0 Å². The normalized spacial score (nSPS) is 17.2. The van der Waals surface area contributed by atoms with Gasteiger partial charge in [0, 0.05) is 108 Å². The summed E-state index contributed by atoms with van der Waals surface area (Å²) in [5.74, 6) is 0.0140. The summed E-state index contributed by atoms with van der Waals surface area (Å²) in [5.41, 5.74) is 6.90. The Balaban J connectivity index is 0.663. The third-order valence-electron chi connectivity index (χ3n) is 16.7. The molecule has 450 valence electrons. The lowest BCUT2D eigenvalue weighted by Gasteiger charge is -2.36. The Labute approximate surface area is 497 Å². The number of nitrogens with zero attached hydrogens (tertiary/aromatic N) is 6. The maximum absolute atomic E-state index is 14.0. The zero-order valence-electron chi connectivity index (χ0n) is 50.0. The number of aromatic nitrogens is 2. The van der Waals surface area contributed by atoms with Gasteiger partial charge in [0.1, 0.15) is 12.1 Å². The molecular formula is C66H93N9O7S. The number of pyridine rings is 1. The van der Waals surface area contributed by atoms with Gasteiger partial charge in [-0.2, -0.15) is 0 Å². The van der Waals surface area contributed by atoms with Gasteiger partial charge in [-0.3, -0.25) is 33.8 Å². The Bertz CT molecular complexity index is 2690. The molecule has 0 aliphatic carbocycles. The number of aliphatic hydroxyl groups is 1. The first kappa shape index (κ1) is 64.1. The molecule has 0 radical (unpaired) electrons. The monoisotopic (exact) mass is 1160 g/mol. The van der Waals surface area contributed by atoms with Crippen LogP contribution in [0.15, 0.2) is 84.6 Å². The molecule has 2 aromatic heterocycles. The van der Waals surface area contributed by atoms with Crippen molar-refractivity contribution >= 4 is 58.5 Å². The van der Waals surface area contributed by atoms with Crippen LogP contribution in [0.5, 0.6) is 0 Å². The molecular weight excluding hydrogens is 1060 g/mol. The summed E-state index contributed by atoms with van der Waals surface area (Å²) in [5, 5.41) is 19.5. The fraction of sp³-hybridized carbons (Fsp3) is 0.576. The first-order valence-electron chi connectivity index (χ1n) is 31.0. The van der Waals surface area contributed by atoms with Gasteiger partial charge in [0.25, 0.3) is 5.91 Å². The highest BCUT2D eigenvalue weighted by Gasteiger charge is 2.44. The molecule has 16 nitrogen and oxygen atoms in total. The predicted molar refractivity (Wildman–Crippen MR) is 330 cm³/mol. The molecule has 6 amide bonds. The average Bonchev–Trinajstić information content (AvgIpc) is 4.35. The second-order valence-corrected chi connectivity index (χ2v) is 25.1. The highest BCUT2D eigenvalue weighted by atomic mass is 32.1. The molecule has 7 rings (SSSR count). The molecule has 0 bridgehead atoms. The number of hydrogen-bond acceptors (Lipinski definition) is 11. The van der Waals surface area contributed by atoms with Crippen LogP contribution >= 0.6 is 11.3 Å². The standard InChI is InChI=1S/C66H93N9O7S/c1-49-61(83-48-70-49)53-27-24-52(25-28-53)46-69-63(80)57-44-56(76)47-75(57)65(82)62(66(2,3)4)71-59(78)22-15-13-11-9-7-5-6-8-10-12-14-16-23-60(79)73-42-40-72(41-43-73)55-31-29-54(30-32-55)64(81)74-38-34-50(35-39-74)20-17-18-37-68-58(77)33-26-51-21-19-36-67-45-51/h19,21,24-33,36,45,48,50,56-57,62,76H,5-18,20,22-23,34-35,37-44,46-47H2,1-4H3,(H,68,77)(H,69,80)(H,71,78)/b33-26+/t56-,57+,62-/m1/s1. The number of aryl methyl sites for hydroxylation is 1. The van der Waals surface area contributed by atoms with Crippen molar-refractivity contribution in [1.82, 2.24) is 40.6 Å². The van der Waals surface area contributed by atoms with E-state index >= 15 is 0 Å². The number of thiazole rings is 1. The Morgan fingerprint density at radius 2 is 1.40 bits per heavy atom. The van der Waals surface area contributed by atoms with Crippen molar-refractivity contribution in [3.05, 3.63) is 107 Å². The van der Waals surface area contributed by atoms with Gasteiger partial charge in [-0.05, 0) is 103 Å². The number of anilines is 1. The highest BCUT2D eigenvalue weighted by molar-refractivity contribution is 7.13. The first-order valence-corrected chi connectivity index (χ1v) is 31.8. The van der Waals surface area contributed by atoms with Crippen LogP contribution in [0.1, 0.15) is 176 Å². The smallest absolute Gasteiger partial charge is 0.253 e. The third-order valence-corrected chi connectivity index (χ3v) is 17.7. The Morgan fingerprint density at radius 1 is 0.747 bits per heavy atom. The molecule has 0 spiro atoms. The van der Waals surface area contributed by atoms with Crippen molar-refractivity contribution in [3.8, 4) is 10.4 Å². The van der Waals surface area contributed by atoms with Gasteiger partial charge in [0.2, 0.25) is 29.5 Å². The molecule has 0 unspecified atom stereocenters. The minimum Gasteiger partial charge on any atom is -0.391 e. The van der Waals surface area contributed by atoms with Crippen molar-refractivity contribution in [2.75, 3.05) is 57.3 Å². The lowest BCUT2D eigenvalue weighted by molar-refractivity contribution is -0.144. The van der Waals surface area contributed by atoms with E-state index in [1.165, 1.54) is 37.0 Å². The molecule has 3 fully saturated rings. The summed E-state index contributed by atoms with van der Waals surface area (Å²) >= 11 is 1.59. The van der Waals surface area contributed by atoms with Gasteiger partial charge < -0.3 is 40.7 Å². The van der Waals surface area contributed by atoms with Crippen molar-refractivity contribution in [1.29, 1.82) is 0 Å². The summed E-state index contributed by atoms with van der Waals surface area (Å²) in [4.78, 5) is 96.6. The number of piperazine rings is 1. The van der Waals surface area contributed by atoms with Crippen LogP contribution < -0.4 is 20.9 Å². The summed E-state index contributed by atoms with van der Waals surface area (Å²) in [7, 11) is 0. The van der Waals surface area contributed by atoms with Gasteiger partial charge in [-0.15, -0.1) is 11.3 Å². The van der Waals surface area contributed by atoms with Crippen molar-refractivity contribution < 1.29 is 33.9 Å². The van der Waals surface area contributed by atoms with Gasteiger partial charge in [-0.25, -0.2) is 4.98 Å². The summed E-state index contributed by atoms with van der Waals surface area (Å²) < 4.78 is 0. The lowest BCUT2D eigenvalue weighted by atomic mass is 9.85. The number of nitrogens with one attached hydrogen (secondary N) is 3. The number of carbonyl (C=O) groups excluding carboxylic acids is 6. The average molecular weight is 1160 g/mol. The van der Waals surface area contributed by atoms with Crippen LogP contribution in [0.2, 0.25) is 0 Å². The van der Waals surface area contributed by atoms with Gasteiger partial charge in [-0.1, -0.05) is 128 Å². The predicted octanol–water partition coefficient (Wildman–Crippen LogP) is 10.3. The third kappa shape index (κ3) is 20.7. The maximum atomic E-state index is 14.0. The van der Waals surface area contributed by atoms with Crippen LogP contribution in [-0.4, -0.2) is 136 Å². The van der Waals surface area contributed by atoms with Crippen molar-refractivity contribution in [2.45, 2.75) is 181 Å². The van der Waals surface area contributed by atoms with E-state index in [4.69, 9.17) is 0 Å². The van der Waals surface area contributed by atoms with Crippen LogP contribution in [0.25, 0.3) is 16.5 Å². The second-order valence-electron chi connectivity index (χ2n) is 24.2. The number of β-amino-alcohol motifs (C(OH)–C–C–N with tert-alkyl or cyclic N) is 1. The van der Waals surface area contributed by atoms with Gasteiger partial charge in [0.15, 0.2) is 0 Å². The topological polar surface area (TPSA) is 197 Å². The zero-order chi connectivity index (χ0) is 59.0. The van der Waals surface area contributed by atoms with E-state index in [1.54, 1.807) is 35.9 Å². The van der Waals surface area contributed by atoms with E-state index in [0.29, 0.717) is 44.9 Å². The molecule has 5 heterocycles. The van der Waals surface area contributed by atoms with E-state index in [9.17, 15) is 33.9 Å². The van der Waals surface area contributed by atoms with Crippen LogP contribution in [0, 0.1) is 18.3 Å². The number of benzene rings is 2. The molecule has 17 heteroatoms. The number of piperidine rings is 1. The summed E-state index contributed by atoms with van der Waals surface area (Å²) in [6.07, 6.45) is 25.2. The largest absolute Gasteiger partial charge is 0.391 e. The number of amides is 6.